The molecule has 2 aromatic rings. The van der Waals surface area contributed by atoms with Crippen molar-refractivity contribution in [3.05, 3.63) is 47.8 Å². The Bertz CT molecular complexity index is 673. The molecule has 1 N–H and O–H groups in total. The summed E-state index contributed by atoms with van der Waals surface area (Å²) in [6.07, 6.45) is 4.59. The number of aryl methyl sites for hydroxylation is 1. The fourth-order valence-corrected chi connectivity index (χ4v) is 3.71. The predicted molar refractivity (Wildman–Crippen MR) is 89.3 cm³/mol. The third kappa shape index (κ3) is 2.83. The molecule has 5 heteroatoms. The third-order valence-corrected chi connectivity index (χ3v) is 5.08. The van der Waals surface area contributed by atoms with Gasteiger partial charge >= 0.3 is 0 Å². The van der Waals surface area contributed by atoms with Crippen LogP contribution in [0.1, 0.15) is 17.7 Å². The van der Waals surface area contributed by atoms with Crippen molar-refractivity contribution >= 4 is 11.6 Å². The fraction of sp³-hybridized carbons (Fsp3) is 0.444. The summed E-state index contributed by atoms with van der Waals surface area (Å²) in [6, 6.07) is 10.4. The van der Waals surface area contributed by atoms with E-state index < -0.39 is 0 Å². The normalized spacial score (nSPS) is 21.1. The first-order valence-electron chi connectivity index (χ1n) is 8.41. The Labute approximate surface area is 136 Å². The average molecular weight is 310 g/mol. The number of amides is 1. The zero-order valence-electron chi connectivity index (χ0n) is 13.2. The van der Waals surface area contributed by atoms with Crippen LogP contribution in [0, 0.1) is 5.92 Å². The maximum Gasteiger partial charge on any atom is 0.226 e. The molecule has 0 unspecified atom stereocenters. The molecule has 1 aromatic carbocycles. The molecule has 120 valence electrons. The minimum atomic E-state index is 0.128. The molecule has 5 nitrogen and oxygen atoms in total. The Balaban J connectivity index is 1.36. The second kappa shape index (κ2) is 6.07. The van der Waals surface area contributed by atoms with Crippen LogP contribution in [0.2, 0.25) is 0 Å². The highest BCUT2D eigenvalue weighted by Gasteiger charge is 2.30. The van der Waals surface area contributed by atoms with E-state index in [1.807, 2.05) is 12.3 Å². The van der Waals surface area contributed by atoms with Crippen molar-refractivity contribution in [2.24, 2.45) is 5.92 Å². The molecule has 2 aliphatic rings. The number of nitrogens with zero attached hydrogens (tertiary/aromatic N) is 3. The molecule has 0 radical (unpaired) electrons. The summed E-state index contributed by atoms with van der Waals surface area (Å²) in [5, 5.41) is 7.14. The summed E-state index contributed by atoms with van der Waals surface area (Å²) in [5.74, 6) is 0.452. The number of nitrogens with one attached hydrogen (secondary N) is 1. The molecule has 0 saturated carbocycles. The lowest BCUT2D eigenvalue weighted by atomic mass is 9.87. The van der Waals surface area contributed by atoms with Crippen LogP contribution >= 0.6 is 0 Å². The number of carbonyl (C=O) groups excluding carboxylic acids is 1. The molecule has 1 atom stereocenters. The molecule has 1 aromatic heterocycles. The van der Waals surface area contributed by atoms with Crippen molar-refractivity contribution in [1.29, 1.82) is 0 Å². The number of benzene rings is 1. The molecule has 23 heavy (non-hydrogen) atoms. The molecule has 0 bridgehead atoms. The van der Waals surface area contributed by atoms with Crippen molar-refractivity contribution in [2.75, 3.05) is 31.1 Å². The third-order valence-electron chi connectivity index (χ3n) is 5.08. The van der Waals surface area contributed by atoms with E-state index in [2.05, 4.69) is 44.3 Å². The van der Waals surface area contributed by atoms with Gasteiger partial charge in [-0.3, -0.25) is 9.89 Å². The number of aromatic nitrogens is 2. The Morgan fingerprint density at radius 2 is 1.91 bits per heavy atom. The van der Waals surface area contributed by atoms with Gasteiger partial charge in [-0.2, -0.15) is 5.10 Å². The molecule has 0 spiro atoms. The lowest BCUT2D eigenvalue weighted by Crippen LogP contribution is -2.51. The Morgan fingerprint density at radius 3 is 2.70 bits per heavy atom. The van der Waals surface area contributed by atoms with Gasteiger partial charge in [0.05, 0.1) is 6.20 Å². The number of fused-ring (bicyclic) bond motifs is 1. The molecule has 1 saturated heterocycles. The van der Waals surface area contributed by atoms with Crippen LogP contribution in [0.15, 0.2) is 36.5 Å². The molecule has 1 amide bonds. The molecule has 1 aliphatic carbocycles. The fourth-order valence-electron chi connectivity index (χ4n) is 3.71. The average Bonchev–Trinajstić information content (AvgIpc) is 3.10. The van der Waals surface area contributed by atoms with Crippen molar-refractivity contribution in [3.63, 3.8) is 0 Å². The summed E-state index contributed by atoms with van der Waals surface area (Å²) in [7, 11) is 0. The van der Waals surface area contributed by atoms with E-state index in [0.717, 1.165) is 45.4 Å². The topological polar surface area (TPSA) is 52.2 Å². The maximum atomic E-state index is 12.8. The Kier molecular flexibility index (Phi) is 3.77. The lowest BCUT2D eigenvalue weighted by molar-refractivity contribution is -0.136. The van der Waals surface area contributed by atoms with Crippen LogP contribution < -0.4 is 4.90 Å². The van der Waals surface area contributed by atoms with Gasteiger partial charge in [0, 0.05) is 43.5 Å². The summed E-state index contributed by atoms with van der Waals surface area (Å²) in [6.45, 7) is 3.48. The van der Waals surface area contributed by atoms with Gasteiger partial charge in [0.15, 0.2) is 0 Å². The van der Waals surface area contributed by atoms with Gasteiger partial charge in [-0.05, 0) is 37.0 Å². The predicted octanol–water partition coefficient (Wildman–Crippen LogP) is 1.86. The number of carbonyl (C=O) groups is 1. The first-order valence-corrected chi connectivity index (χ1v) is 8.41. The van der Waals surface area contributed by atoms with Gasteiger partial charge in [0.25, 0.3) is 0 Å². The van der Waals surface area contributed by atoms with E-state index >= 15 is 0 Å². The van der Waals surface area contributed by atoms with Crippen LogP contribution in [-0.4, -0.2) is 47.2 Å². The number of para-hydroxylation sites is 1. The van der Waals surface area contributed by atoms with Crippen molar-refractivity contribution < 1.29 is 4.79 Å². The number of hydrogen-bond acceptors (Lipinski definition) is 3. The smallest absolute Gasteiger partial charge is 0.226 e. The Hall–Kier alpha value is -2.30. The van der Waals surface area contributed by atoms with E-state index in [0.29, 0.717) is 5.91 Å². The van der Waals surface area contributed by atoms with E-state index in [-0.39, 0.29) is 5.92 Å². The highest BCUT2D eigenvalue weighted by molar-refractivity contribution is 5.79. The molecule has 2 heterocycles. The van der Waals surface area contributed by atoms with Gasteiger partial charge in [-0.15, -0.1) is 0 Å². The van der Waals surface area contributed by atoms with Crippen LogP contribution in [0.4, 0.5) is 5.69 Å². The first-order chi connectivity index (χ1) is 11.3. The van der Waals surface area contributed by atoms with E-state index in [1.165, 1.54) is 16.9 Å². The molecular formula is C18H22N4O. The van der Waals surface area contributed by atoms with E-state index in [4.69, 9.17) is 0 Å². The monoisotopic (exact) mass is 310 g/mol. The molecule has 1 aliphatic heterocycles. The minimum Gasteiger partial charge on any atom is -0.368 e. The van der Waals surface area contributed by atoms with Gasteiger partial charge in [-0.25, -0.2) is 0 Å². The van der Waals surface area contributed by atoms with Crippen LogP contribution in [0.3, 0.4) is 0 Å². The minimum absolute atomic E-state index is 0.128. The van der Waals surface area contributed by atoms with Crippen molar-refractivity contribution in [3.8, 4) is 0 Å². The van der Waals surface area contributed by atoms with Crippen LogP contribution in [-0.2, 0) is 17.6 Å². The zero-order valence-corrected chi connectivity index (χ0v) is 13.2. The quantitative estimate of drug-likeness (QED) is 0.921. The largest absolute Gasteiger partial charge is 0.368 e. The summed E-state index contributed by atoms with van der Waals surface area (Å²) in [5.41, 5.74) is 3.68. The van der Waals surface area contributed by atoms with Crippen LogP contribution in [0.25, 0.3) is 0 Å². The van der Waals surface area contributed by atoms with Crippen LogP contribution in [0.5, 0.6) is 0 Å². The zero-order chi connectivity index (χ0) is 15.6. The van der Waals surface area contributed by atoms with Gasteiger partial charge in [-0.1, -0.05) is 18.2 Å². The number of hydrogen-bond donors (Lipinski definition) is 1. The molecule has 4 rings (SSSR count). The standard InChI is InChI=1S/C18H22N4O/c23-18(14-6-7-17-15(12-14)13-19-20-17)22-10-8-21(9-11-22)16-4-2-1-3-5-16/h1-5,13-14H,6-12H2,(H,19,20)/t14-/m1/s1. The second-order valence-electron chi connectivity index (χ2n) is 6.46. The maximum absolute atomic E-state index is 12.8. The molecule has 1 fully saturated rings. The number of anilines is 1. The van der Waals surface area contributed by atoms with E-state index in [9.17, 15) is 4.79 Å². The lowest BCUT2D eigenvalue weighted by Gasteiger charge is -2.38. The number of H-pyrrole nitrogens is 1. The van der Waals surface area contributed by atoms with E-state index in [1.54, 1.807) is 0 Å². The summed E-state index contributed by atoms with van der Waals surface area (Å²) >= 11 is 0. The van der Waals surface area contributed by atoms with Crippen molar-refractivity contribution in [2.45, 2.75) is 19.3 Å². The van der Waals surface area contributed by atoms with Crippen molar-refractivity contribution in [1.82, 2.24) is 15.1 Å². The number of aromatic amines is 1. The van der Waals surface area contributed by atoms with Gasteiger partial charge in [0.2, 0.25) is 5.91 Å². The first kappa shape index (κ1) is 14.3. The van der Waals surface area contributed by atoms with Gasteiger partial charge in [0.1, 0.15) is 0 Å². The Morgan fingerprint density at radius 1 is 1.13 bits per heavy atom. The molecular weight excluding hydrogens is 288 g/mol. The number of rotatable bonds is 2. The summed E-state index contributed by atoms with van der Waals surface area (Å²) < 4.78 is 0. The summed E-state index contributed by atoms with van der Waals surface area (Å²) in [4.78, 5) is 17.2. The highest BCUT2D eigenvalue weighted by atomic mass is 16.2. The van der Waals surface area contributed by atoms with Gasteiger partial charge < -0.3 is 9.80 Å². The second-order valence-corrected chi connectivity index (χ2v) is 6.46. The number of piperazine rings is 1. The highest BCUT2D eigenvalue weighted by Crippen LogP contribution is 2.26. The SMILES string of the molecule is O=C([C@@H]1CCc2[nH]ncc2C1)N1CCN(c2ccccc2)CC1.